The Morgan fingerprint density at radius 2 is 2.05 bits per heavy atom. The molecule has 0 aliphatic rings. The minimum atomic E-state index is -0.335. The van der Waals surface area contributed by atoms with E-state index < -0.39 is 0 Å². The number of rotatable bonds is 5. The Labute approximate surface area is 134 Å². The maximum atomic E-state index is 12.3. The van der Waals surface area contributed by atoms with Gasteiger partial charge in [-0.1, -0.05) is 6.92 Å². The van der Waals surface area contributed by atoms with E-state index in [0.717, 1.165) is 27.7 Å². The minimum absolute atomic E-state index is 0.185. The summed E-state index contributed by atoms with van der Waals surface area (Å²) in [4.78, 5) is 30.0. The summed E-state index contributed by atoms with van der Waals surface area (Å²) < 4.78 is 1.60. The van der Waals surface area contributed by atoms with E-state index in [9.17, 15) is 9.59 Å². The van der Waals surface area contributed by atoms with Gasteiger partial charge in [0, 0.05) is 17.1 Å². The van der Waals surface area contributed by atoms with Gasteiger partial charge in [0.25, 0.3) is 11.5 Å². The van der Waals surface area contributed by atoms with Crippen molar-refractivity contribution in [2.24, 2.45) is 0 Å². The molecule has 0 bridgehead atoms. The van der Waals surface area contributed by atoms with Crippen molar-refractivity contribution >= 4 is 17.2 Å². The Morgan fingerprint density at radius 1 is 1.32 bits per heavy atom. The van der Waals surface area contributed by atoms with Gasteiger partial charge in [-0.25, -0.2) is 4.98 Å². The highest BCUT2D eigenvalue weighted by molar-refractivity contribution is 7.11. The highest BCUT2D eigenvalue weighted by atomic mass is 32.1. The average molecular weight is 319 g/mol. The lowest BCUT2D eigenvalue weighted by Crippen LogP contribution is -2.33. The van der Waals surface area contributed by atoms with Crippen LogP contribution in [0.15, 0.2) is 16.9 Å². The van der Waals surface area contributed by atoms with Crippen molar-refractivity contribution in [3.05, 3.63) is 49.3 Å². The number of nitrogens with zero attached hydrogens (tertiary/aromatic N) is 2. The lowest BCUT2D eigenvalue weighted by atomic mass is 10.2. The molecule has 0 saturated carbocycles. The van der Waals surface area contributed by atoms with E-state index in [4.69, 9.17) is 0 Å². The second kappa shape index (κ2) is 6.87. The number of carbonyl (C=O) groups is 1. The average Bonchev–Trinajstić information content (AvgIpc) is 2.86. The van der Waals surface area contributed by atoms with E-state index in [0.29, 0.717) is 13.1 Å². The van der Waals surface area contributed by atoms with E-state index in [1.165, 1.54) is 0 Å². The molecule has 0 radical (unpaired) electrons. The highest BCUT2D eigenvalue weighted by Gasteiger charge is 2.14. The second-order valence-electron chi connectivity index (χ2n) is 5.09. The molecule has 0 saturated heterocycles. The van der Waals surface area contributed by atoms with Crippen molar-refractivity contribution < 1.29 is 4.79 Å². The van der Waals surface area contributed by atoms with Crippen molar-refractivity contribution in [3.8, 4) is 0 Å². The zero-order valence-electron chi connectivity index (χ0n) is 13.4. The standard InChI is InChI=1S/C16H21N3O2S/c1-5-14-18-11(4)13(22-14)9-17-15(20)12-8-7-10(3)19(6-2)16(12)21/h7-8H,5-6,9H2,1-4H3,(H,17,20). The van der Waals surface area contributed by atoms with E-state index >= 15 is 0 Å². The molecule has 0 unspecified atom stereocenters. The first kappa shape index (κ1) is 16.4. The van der Waals surface area contributed by atoms with Crippen LogP contribution in [-0.2, 0) is 19.5 Å². The Bertz CT molecular complexity index is 746. The zero-order chi connectivity index (χ0) is 16.3. The van der Waals surface area contributed by atoms with Crippen LogP contribution in [-0.4, -0.2) is 15.5 Å². The fourth-order valence-electron chi connectivity index (χ4n) is 2.30. The second-order valence-corrected chi connectivity index (χ2v) is 6.26. The SMILES string of the molecule is CCc1nc(C)c(CNC(=O)c2ccc(C)n(CC)c2=O)s1. The first-order valence-electron chi connectivity index (χ1n) is 7.41. The van der Waals surface area contributed by atoms with Crippen LogP contribution in [0.4, 0.5) is 0 Å². The van der Waals surface area contributed by atoms with Gasteiger partial charge in [-0.2, -0.15) is 0 Å². The van der Waals surface area contributed by atoms with Gasteiger partial charge in [0.1, 0.15) is 5.56 Å². The molecule has 1 N–H and O–H groups in total. The van der Waals surface area contributed by atoms with Gasteiger partial charge in [-0.15, -0.1) is 11.3 Å². The number of amides is 1. The molecule has 0 aromatic carbocycles. The molecule has 2 aromatic heterocycles. The number of pyridine rings is 1. The van der Waals surface area contributed by atoms with Crippen LogP contribution in [0.1, 0.15) is 45.5 Å². The maximum absolute atomic E-state index is 12.3. The minimum Gasteiger partial charge on any atom is -0.347 e. The molecule has 22 heavy (non-hydrogen) atoms. The molecule has 0 aliphatic heterocycles. The number of thiazole rings is 1. The molecule has 118 valence electrons. The predicted octanol–water partition coefficient (Wildman–Crippen LogP) is 2.43. The number of hydrogen-bond acceptors (Lipinski definition) is 4. The molecule has 1 amide bonds. The Kier molecular flexibility index (Phi) is 5.13. The van der Waals surface area contributed by atoms with Gasteiger partial charge in [0.05, 0.1) is 17.2 Å². The number of aryl methyl sites for hydroxylation is 3. The van der Waals surface area contributed by atoms with Gasteiger partial charge in [0.2, 0.25) is 0 Å². The van der Waals surface area contributed by atoms with E-state index in [-0.39, 0.29) is 17.0 Å². The third-order valence-electron chi connectivity index (χ3n) is 3.60. The van der Waals surface area contributed by atoms with E-state index in [1.807, 2.05) is 20.8 Å². The van der Waals surface area contributed by atoms with Crippen LogP contribution in [0.5, 0.6) is 0 Å². The molecular formula is C16H21N3O2S. The summed E-state index contributed by atoms with van der Waals surface area (Å²) in [6, 6.07) is 3.39. The van der Waals surface area contributed by atoms with Gasteiger partial charge < -0.3 is 9.88 Å². The van der Waals surface area contributed by atoms with Crippen LogP contribution >= 0.6 is 11.3 Å². The van der Waals surface area contributed by atoms with Crippen LogP contribution in [0.2, 0.25) is 0 Å². The smallest absolute Gasteiger partial charge is 0.263 e. The first-order chi connectivity index (χ1) is 10.5. The topological polar surface area (TPSA) is 64.0 Å². The monoisotopic (exact) mass is 319 g/mol. The summed E-state index contributed by atoms with van der Waals surface area (Å²) in [6.45, 7) is 8.71. The van der Waals surface area contributed by atoms with Crippen molar-refractivity contribution in [1.82, 2.24) is 14.9 Å². The lowest BCUT2D eigenvalue weighted by Gasteiger charge is -2.09. The van der Waals surface area contributed by atoms with Crippen molar-refractivity contribution in [2.75, 3.05) is 0 Å². The summed E-state index contributed by atoms with van der Waals surface area (Å²) in [5, 5.41) is 3.88. The summed E-state index contributed by atoms with van der Waals surface area (Å²) >= 11 is 1.60. The molecule has 2 aromatic rings. The fourth-order valence-corrected chi connectivity index (χ4v) is 3.24. The molecule has 0 fully saturated rings. The predicted molar refractivity (Wildman–Crippen MR) is 88.5 cm³/mol. The summed E-state index contributed by atoms with van der Waals surface area (Å²) in [7, 11) is 0. The third-order valence-corrected chi connectivity index (χ3v) is 4.90. The molecular weight excluding hydrogens is 298 g/mol. The number of hydrogen-bond donors (Lipinski definition) is 1. The van der Waals surface area contributed by atoms with Gasteiger partial charge >= 0.3 is 0 Å². The summed E-state index contributed by atoms with van der Waals surface area (Å²) in [6.07, 6.45) is 0.888. The fraction of sp³-hybridized carbons (Fsp3) is 0.438. The quantitative estimate of drug-likeness (QED) is 0.920. The largest absolute Gasteiger partial charge is 0.347 e. The highest BCUT2D eigenvalue weighted by Crippen LogP contribution is 2.18. The molecule has 0 spiro atoms. The molecule has 0 atom stereocenters. The van der Waals surface area contributed by atoms with Gasteiger partial charge in [-0.05, 0) is 39.3 Å². The van der Waals surface area contributed by atoms with Crippen molar-refractivity contribution in [3.63, 3.8) is 0 Å². The normalized spacial score (nSPS) is 10.7. The Balaban J connectivity index is 2.16. The number of carbonyl (C=O) groups excluding carboxylic acids is 1. The molecule has 6 heteroatoms. The van der Waals surface area contributed by atoms with Crippen molar-refractivity contribution in [2.45, 2.75) is 47.2 Å². The Morgan fingerprint density at radius 3 is 2.64 bits per heavy atom. The summed E-state index contributed by atoms with van der Waals surface area (Å²) in [5.41, 5.74) is 1.74. The first-order valence-corrected chi connectivity index (χ1v) is 8.23. The molecule has 0 aliphatic carbocycles. The molecule has 2 heterocycles. The van der Waals surface area contributed by atoms with E-state index in [2.05, 4.69) is 17.2 Å². The maximum Gasteiger partial charge on any atom is 0.263 e. The van der Waals surface area contributed by atoms with Crippen LogP contribution in [0, 0.1) is 13.8 Å². The zero-order valence-corrected chi connectivity index (χ0v) is 14.2. The Hall–Kier alpha value is -1.95. The van der Waals surface area contributed by atoms with Gasteiger partial charge in [-0.3, -0.25) is 9.59 Å². The molecule has 5 nitrogen and oxygen atoms in total. The summed E-state index contributed by atoms with van der Waals surface area (Å²) in [5.74, 6) is -0.335. The number of nitrogens with one attached hydrogen (secondary N) is 1. The van der Waals surface area contributed by atoms with Crippen LogP contribution < -0.4 is 10.9 Å². The van der Waals surface area contributed by atoms with Gasteiger partial charge in [0.15, 0.2) is 0 Å². The third kappa shape index (κ3) is 3.27. The van der Waals surface area contributed by atoms with Crippen molar-refractivity contribution in [1.29, 1.82) is 0 Å². The van der Waals surface area contributed by atoms with E-state index in [1.54, 1.807) is 28.0 Å². The number of aromatic nitrogens is 2. The van der Waals surface area contributed by atoms with Crippen LogP contribution in [0.25, 0.3) is 0 Å². The van der Waals surface area contributed by atoms with Crippen LogP contribution in [0.3, 0.4) is 0 Å². The molecule has 2 rings (SSSR count). The lowest BCUT2D eigenvalue weighted by molar-refractivity contribution is 0.0949.